The van der Waals surface area contributed by atoms with Gasteiger partial charge in [-0.25, -0.2) is 9.69 Å². The molecule has 1 aliphatic rings. The van der Waals surface area contributed by atoms with Crippen LogP contribution in [0.4, 0.5) is 4.79 Å². The third kappa shape index (κ3) is 3.35. The van der Waals surface area contributed by atoms with Crippen LogP contribution < -0.4 is 0 Å². The standard InChI is InChI=1S/C20H18N2O3/c1-15(17-12-6-3-7-13-17)22-19(24)18(23)21(20(22)25)14-8-11-16-9-4-2-5-10-16/h2-13,15H,14H2,1H3/t15-/m0/s1. The molecule has 126 valence electrons. The summed E-state index contributed by atoms with van der Waals surface area (Å²) in [6.07, 6.45) is 3.52. The van der Waals surface area contributed by atoms with Crippen LogP contribution in [0, 0.1) is 0 Å². The van der Waals surface area contributed by atoms with Crippen LogP contribution in [-0.2, 0) is 9.59 Å². The first-order valence-electron chi connectivity index (χ1n) is 8.05. The van der Waals surface area contributed by atoms with E-state index in [-0.39, 0.29) is 6.54 Å². The van der Waals surface area contributed by atoms with E-state index in [2.05, 4.69) is 0 Å². The average Bonchev–Trinajstić information content (AvgIpc) is 2.86. The Labute approximate surface area is 146 Å². The molecular weight excluding hydrogens is 316 g/mol. The smallest absolute Gasteiger partial charge is 0.263 e. The summed E-state index contributed by atoms with van der Waals surface area (Å²) in [6, 6.07) is 17.6. The number of carbonyl (C=O) groups is 3. The van der Waals surface area contributed by atoms with Crippen LogP contribution in [0.2, 0.25) is 0 Å². The zero-order chi connectivity index (χ0) is 17.8. The van der Waals surface area contributed by atoms with Crippen molar-refractivity contribution in [3.05, 3.63) is 77.9 Å². The van der Waals surface area contributed by atoms with Crippen LogP contribution in [-0.4, -0.2) is 34.2 Å². The van der Waals surface area contributed by atoms with Crippen LogP contribution in [0.5, 0.6) is 0 Å². The first-order valence-corrected chi connectivity index (χ1v) is 8.05. The van der Waals surface area contributed by atoms with Crippen molar-refractivity contribution in [2.24, 2.45) is 0 Å². The lowest BCUT2D eigenvalue weighted by Gasteiger charge is -2.22. The Balaban J connectivity index is 1.74. The molecule has 0 saturated carbocycles. The van der Waals surface area contributed by atoms with Crippen LogP contribution in [0.15, 0.2) is 66.7 Å². The minimum Gasteiger partial charge on any atom is -0.263 e. The lowest BCUT2D eigenvalue weighted by molar-refractivity contribution is -0.143. The highest BCUT2D eigenvalue weighted by Gasteiger charge is 2.46. The van der Waals surface area contributed by atoms with Gasteiger partial charge in [-0.3, -0.25) is 14.5 Å². The summed E-state index contributed by atoms with van der Waals surface area (Å²) in [5.74, 6) is -1.57. The van der Waals surface area contributed by atoms with Gasteiger partial charge in [0.15, 0.2) is 0 Å². The largest absolute Gasteiger partial charge is 0.335 e. The van der Waals surface area contributed by atoms with E-state index >= 15 is 0 Å². The number of benzene rings is 2. The van der Waals surface area contributed by atoms with E-state index in [1.807, 2.05) is 66.7 Å². The van der Waals surface area contributed by atoms with Gasteiger partial charge in [-0.05, 0) is 18.1 Å². The topological polar surface area (TPSA) is 57.7 Å². The first-order chi connectivity index (χ1) is 12.1. The number of rotatable bonds is 5. The summed E-state index contributed by atoms with van der Waals surface area (Å²) in [6.45, 7) is 1.80. The summed E-state index contributed by atoms with van der Waals surface area (Å²) in [5, 5.41) is 0. The van der Waals surface area contributed by atoms with E-state index in [0.29, 0.717) is 0 Å². The maximum atomic E-state index is 12.6. The van der Waals surface area contributed by atoms with Gasteiger partial charge in [0.05, 0.1) is 6.04 Å². The van der Waals surface area contributed by atoms with E-state index in [1.54, 1.807) is 13.0 Å². The Morgan fingerprint density at radius 1 is 0.880 bits per heavy atom. The third-order valence-electron chi connectivity index (χ3n) is 4.15. The van der Waals surface area contributed by atoms with E-state index < -0.39 is 23.9 Å². The van der Waals surface area contributed by atoms with Gasteiger partial charge in [0, 0.05) is 6.54 Å². The molecule has 2 aromatic rings. The molecule has 25 heavy (non-hydrogen) atoms. The summed E-state index contributed by atoms with van der Waals surface area (Å²) in [7, 11) is 0. The number of hydrogen-bond acceptors (Lipinski definition) is 3. The predicted octanol–water partition coefficient (Wildman–Crippen LogP) is 3.25. The van der Waals surface area contributed by atoms with Crippen molar-refractivity contribution >= 4 is 23.9 Å². The molecule has 1 atom stereocenters. The molecule has 1 heterocycles. The Bertz CT molecular complexity index is 815. The molecule has 0 unspecified atom stereocenters. The molecule has 1 aliphatic heterocycles. The zero-order valence-electron chi connectivity index (χ0n) is 13.8. The number of nitrogens with zero attached hydrogens (tertiary/aromatic N) is 2. The summed E-state index contributed by atoms with van der Waals surface area (Å²) >= 11 is 0. The highest BCUT2D eigenvalue weighted by molar-refractivity contribution is 6.44. The second kappa shape index (κ2) is 7.13. The highest BCUT2D eigenvalue weighted by Crippen LogP contribution is 2.26. The molecule has 5 nitrogen and oxygen atoms in total. The molecule has 0 N–H and O–H groups in total. The molecule has 1 fully saturated rings. The Kier molecular flexibility index (Phi) is 4.75. The monoisotopic (exact) mass is 334 g/mol. The minimum absolute atomic E-state index is 0.0658. The van der Waals surface area contributed by atoms with E-state index in [9.17, 15) is 14.4 Å². The molecule has 4 amide bonds. The number of imide groups is 2. The van der Waals surface area contributed by atoms with Gasteiger partial charge in [0.25, 0.3) is 0 Å². The molecule has 0 spiro atoms. The van der Waals surface area contributed by atoms with E-state index in [0.717, 1.165) is 20.9 Å². The van der Waals surface area contributed by atoms with Crippen LogP contribution in [0.25, 0.3) is 6.08 Å². The molecule has 0 radical (unpaired) electrons. The second-order valence-corrected chi connectivity index (χ2v) is 5.77. The van der Waals surface area contributed by atoms with Gasteiger partial charge in [0.2, 0.25) is 0 Å². The van der Waals surface area contributed by atoms with Gasteiger partial charge < -0.3 is 0 Å². The number of carbonyl (C=O) groups excluding carboxylic acids is 3. The SMILES string of the molecule is C[C@@H](c1ccccc1)N1C(=O)C(=O)N(CC=Cc2ccccc2)C1=O. The van der Waals surface area contributed by atoms with Crippen LogP contribution in [0.3, 0.4) is 0 Å². The van der Waals surface area contributed by atoms with E-state index in [1.165, 1.54) is 0 Å². The molecule has 0 aliphatic carbocycles. The lowest BCUT2D eigenvalue weighted by Crippen LogP contribution is -2.35. The van der Waals surface area contributed by atoms with Crippen molar-refractivity contribution in [3.8, 4) is 0 Å². The fourth-order valence-corrected chi connectivity index (χ4v) is 2.76. The van der Waals surface area contributed by atoms with Gasteiger partial charge in [-0.2, -0.15) is 0 Å². The summed E-state index contributed by atoms with van der Waals surface area (Å²) in [4.78, 5) is 39.0. The van der Waals surface area contributed by atoms with Crippen LogP contribution >= 0.6 is 0 Å². The third-order valence-corrected chi connectivity index (χ3v) is 4.15. The number of hydrogen-bond donors (Lipinski definition) is 0. The van der Waals surface area contributed by atoms with Crippen molar-refractivity contribution < 1.29 is 14.4 Å². The van der Waals surface area contributed by atoms with Crippen LogP contribution in [0.1, 0.15) is 24.1 Å². The molecule has 5 heteroatoms. The maximum Gasteiger partial charge on any atom is 0.335 e. The summed E-state index contributed by atoms with van der Waals surface area (Å²) < 4.78 is 0. The number of urea groups is 1. The lowest BCUT2D eigenvalue weighted by atomic mass is 10.1. The van der Waals surface area contributed by atoms with Gasteiger partial charge in [-0.15, -0.1) is 0 Å². The Hall–Kier alpha value is -3.21. The van der Waals surface area contributed by atoms with Gasteiger partial charge in [-0.1, -0.05) is 72.8 Å². The summed E-state index contributed by atoms with van der Waals surface area (Å²) in [5.41, 5.74) is 1.76. The predicted molar refractivity (Wildman–Crippen MR) is 94.3 cm³/mol. The quantitative estimate of drug-likeness (QED) is 0.623. The molecule has 1 saturated heterocycles. The van der Waals surface area contributed by atoms with E-state index in [4.69, 9.17) is 0 Å². The molecule has 0 bridgehead atoms. The molecule has 0 aromatic heterocycles. The van der Waals surface area contributed by atoms with Crippen molar-refractivity contribution in [3.63, 3.8) is 0 Å². The van der Waals surface area contributed by atoms with Crippen molar-refractivity contribution in [2.45, 2.75) is 13.0 Å². The zero-order valence-corrected chi connectivity index (χ0v) is 13.8. The maximum absolute atomic E-state index is 12.6. The Morgan fingerprint density at radius 3 is 2.12 bits per heavy atom. The normalized spacial score (nSPS) is 16.1. The molecule has 2 aromatic carbocycles. The average molecular weight is 334 g/mol. The fourth-order valence-electron chi connectivity index (χ4n) is 2.76. The van der Waals surface area contributed by atoms with Crippen molar-refractivity contribution in [1.82, 2.24) is 9.80 Å². The molecular formula is C20H18N2O3. The highest BCUT2D eigenvalue weighted by atomic mass is 16.2. The molecule has 3 rings (SSSR count). The fraction of sp³-hybridized carbons (Fsp3) is 0.150. The number of amides is 4. The minimum atomic E-state index is -0.787. The van der Waals surface area contributed by atoms with Gasteiger partial charge >= 0.3 is 17.8 Å². The van der Waals surface area contributed by atoms with Gasteiger partial charge in [0.1, 0.15) is 0 Å². The van der Waals surface area contributed by atoms with Crippen molar-refractivity contribution in [1.29, 1.82) is 0 Å². The second-order valence-electron chi connectivity index (χ2n) is 5.77. The Morgan fingerprint density at radius 2 is 1.48 bits per heavy atom. The van der Waals surface area contributed by atoms with Crippen molar-refractivity contribution in [2.75, 3.05) is 6.54 Å². The first kappa shape index (κ1) is 16.6.